The Kier molecular flexibility index (Phi) is 6.83. The lowest BCUT2D eigenvalue weighted by Gasteiger charge is -2.24. The fourth-order valence-corrected chi connectivity index (χ4v) is 4.20. The molecule has 1 amide bonds. The van der Waals surface area contributed by atoms with Gasteiger partial charge in [-0.05, 0) is 49.4 Å². The molecule has 194 valence electrons. The molecule has 12 heteroatoms. The van der Waals surface area contributed by atoms with E-state index in [2.05, 4.69) is 4.74 Å². The molecule has 1 unspecified atom stereocenters. The Morgan fingerprint density at radius 3 is 2.22 bits per heavy atom. The molecule has 1 saturated heterocycles. The van der Waals surface area contributed by atoms with Gasteiger partial charge in [0.25, 0.3) is 11.7 Å². The van der Waals surface area contributed by atoms with Gasteiger partial charge in [-0.15, -0.1) is 13.2 Å². The predicted molar refractivity (Wildman–Crippen MR) is 126 cm³/mol. The van der Waals surface area contributed by atoms with Crippen molar-refractivity contribution in [3.8, 4) is 17.2 Å². The van der Waals surface area contributed by atoms with E-state index in [-0.39, 0.29) is 39.1 Å². The van der Waals surface area contributed by atoms with Crippen LogP contribution in [0.5, 0.6) is 17.2 Å². The maximum atomic E-state index is 13.2. The zero-order valence-corrected chi connectivity index (χ0v) is 20.3. The predicted octanol–water partition coefficient (Wildman–Crippen LogP) is 5.78. The van der Waals surface area contributed by atoms with Crippen molar-refractivity contribution < 1.29 is 46.5 Å². The second kappa shape index (κ2) is 9.74. The number of hydrogen-bond donors (Lipinski definition) is 1. The highest BCUT2D eigenvalue weighted by Crippen LogP contribution is 2.45. The molecule has 8 nitrogen and oxygen atoms in total. The van der Waals surface area contributed by atoms with Crippen LogP contribution in [0.1, 0.15) is 23.1 Å². The number of benzene rings is 2. The average Bonchev–Trinajstić information content (AvgIpc) is 3.38. The number of hydrogen-bond acceptors (Lipinski definition) is 7. The minimum atomic E-state index is -4.91. The molecular formula is C25H19ClF3NO7. The molecule has 0 spiro atoms. The van der Waals surface area contributed by atoms with Gasteiger partial charge in [0, 0.05) is 11.8 Å². The van der Waals surface area contributed by atoms with Crippen molar-refractivity contribution in [2.24, 2.45) is 0 Å². The van der Waals surface area contributed by atoms with E-state index in [1.807, 2.05) is 0 Å². The summed E-state index contributed by atoms with van der Waals surface area (Å²) in [5.74, 6) is -2.34. The van der Waals surface area contributed by atoms with E-state index in [0.717, 1.165) is 17.0 Å². The lowest BCUT2D eigenvalue weighted by Crippen LogP contribution is -2.29. The van der Waals surface area contributed by atoms with Crippen molar-refractivity contribution in [1.29, 1.82) is 0 Å². The summed E-state index contributed by atoms with van der Waals surface area (Å²) in [6.07, 6.45) is -4.91. The van der Waals surface area contributed by atoms with Gasteiger partial charge in [-0.2, -0.15) is 0 Å². The molecule has 0 radical (unpaired) electrons. The SMILES string of the molecule is COc1cc(/C(O)=C2\C(=O)C(=O)N(c3ccc(OC(F)(F)F)cc3)C2c2ccc(C)o2)c(OC)cc1Cl. The van der Waals surface area contributed by atoms with Crippen LogP contribution in [0.15, 0.2) is 58.5 Å². The van der Waals surface area contributed by atoms with Crippen molar-refractivity contribution in [3.63, 3.8) is 0 Å². The second-order valence-corrected chi connectivity index (χ2v) is 8.25. The fraction of sp³-hybridized carbons (Fsp3) is 0.200. The number of ketones is 1. The number of carbonyl (C=O) groups excluding carboxylic acids is 2. The van der Waals surface area contributed by atoms with Crippen LogP contribution >= 0.6 is 11.6 Å². The Balaban J connectivity index is 1.90. The minimum absolute atomic E-state index is 0.0175. The molecule has 1 aliphatic heterocycles. The average molecular weight is 538 g/mol. The number of furan rings is 1. The standard InChI is InChI=1S/C25H19ClF3NO7/c1-12-4-9-17(36-12)21-20(22(31)15-10-19(35-3)16(26)11-18(15)34-2)23(32)24(33)30(21)13-5-7-14(8-6-13)37-25(27,28)29/h4-11,21,31H,1-3H3/b22-20+. The number of amides is 1. The normalized spacial score (nSPS) is 17.3. The maximum Gasteiger partial charge on any atom is 0.573 e. The Bertz CT molecular complexity index is 1400. The van der Waals surface area contributed by atoms with Gasteiger partial charge in [0.05, 0.1) is 30.4 Å². The molecule has 0 aliphatic carbocycles. The lowest BCUT2D eigenvalue weighted by molar-refractivity contribution is -0.274. The number of nitrogens with zero attached hydrogens (tertiary/aromatic N) is 1. The van der Waals surface area contributed by atoms with E-state index < -0.39 is 35.6 Å². The highest BCUT2D eigenvalue weighted by atomic mass is 35.5. The highest BCUT2D eigenvalue weighted by Gasteiger charge is 2.48. The van der Waals surface area contributed by atoms with Crippen molar-refractivity contribution in [2.75, 3.05) is 19.1 Å². The molecule has 1 N–H and O–H groups in total. The van der Waals surface area contributed by atoms with Crippen LogP contribution in [0.4, 0.5) is 18.9 Å². The third-order valence-corrected chi connectivity index (χ3v) is 5.85. The van der Waals surface area contributed by atoms with E-state index in [9.17, 15) is 27.9 Å². The summed E-state index contributed by atoms with van der Waals surface area (Å²) >= 11 is 6.15. The number of aliphatic hydroxyl groups excluding tert-OH is 1. The number of aryl methyl sites for hydroxylation is 1. The van der Waals surface area contributed by atoms with Gasteiger partial charge < -0.3 is 23.7 Å². The van der Waals surface area contributed by atoms with Crippen LogP contribution < -0.4 is 19.1 Å². The molecule has 37 heavy (non-hydrogen) atoms. The Morgan fingerprint density at radius 1 is 1.03 bits per heavy atom. The summed E-state index contributed by atoms with van der Waals surface area (Å²) in [4.78, 5) is 27.5. The van der Waals surface area contributed by atoms with E-state index in [4.69, 9.17) is 25.5 Å². The monoisotopic (exact) mass is 537 g/mol. The van der Waals surface area contributed by atoms with E-state index in [1.54, 1.807) is 13.0 Å². The fourth-order valence-electron chi connectivity index (χ4n) is 3.97. The molecule has 2 aromatic carbocycles. The van der Waals surface area contributed by atoms with Gasteiger partial charge in [-0.25, -0.2) is 0 Å². The molecule has 0 bridgehead atoms. The van der Waals surface area contributed by atoms with Gasteiger partial charge in [0.2, 0.25) is 0 Å². The number of alkyl halides is 3. The number of rotatable bonds is 6. The smallest absolute Gasteiger partial charge is 0.507 e. The van der Waals surface area contributed by atoms with Crippen LogP contribution in [0.3, 0.4) is 0 Å². The first-order chi connectivity index (χ1) is 17.4. The van der Waals surface area contributed by atoms with Crippen LogP contribution in [-0.2, 0) is 9.59 Å². The number of anilines is 1. The van der Waals surface area contributed by atoms with Crippen LogP contribution in [0, 0.1) is 6.92 Å². The van der Waals surface area contributed by atoms with Crippen LogP contribution in [0.2, 0.25) is 5.02 Å². The van der Waals surface area contributed by atoms with Crippen molar-refractivity contribution in [3.05, 3.63) is 76.2 Å². The van der Waals surface area contributed by atoms with E-state index >= 15 is 0 Å². The third kappa shape index (κ3) is 4.94. The lowest BCUT2D eigenvalue weighted by atomic mass is 9.98. The van der Waals surface area contributed by atoms with Crippen LogP contribution in [0.25, 0.3) is 5.76 Å². The van der Waals surface area contributed by atoms with Gasteiger partial charge in [-0.3, -0.25) is 14.5 Å². The zero-order chi connectivity index (χ0) is 27.1. The Hall–Kier alpha value is -4.12. The molecule has 3 aromatic rings. The van der Waals surface area contributed by atoms with E-state index in [0.29, 0.717) is 5.76 Å². The molecule has 0 saturated carbocycles. The Labute approximate surface area is 213 Å². The van der Waals surface area contributed by atoms with Crippen molar-refractivity contribution >= 4 is 34.7 Å². The summed E-state index contributed by atoms with van der Waals surface area (Å²) in [5.41, 5.74) is -0.253. The molecular weight excluding hydrogens is 519 g/mol. The van der Waals surface area contributed by atoms with Gasteiger partial charge in [0.1, 0.15) is 40.6 Å². The molecule has 1 fully saturated rings. The number of methoxy groups -OCH3 is 2. The first-order valence-corrected chi connectivity index (χ1v) is 11.0. The molecule has 1 aromatic heterocycles. The quantitative estimate of drug-likeness (QED) is 0.242. The molecule has 2 heterocycles. The number of halogens is 4. The summed E-state index contributed by atoms with van der Waals surface area (Å²) in [6, 6.07) is 8.94. The summed E-state index contributed by atoms with van der Waals surface area (Å²) < 4.78 is 57.8. The van der Waals surface area contributed by atoms with Crippen molar-refractivity contribution in [1.82, 2.24) is 0 Å². The first kappa shape index (κ1) is 26.0. The number of Topliss-reactive ketones (excluding diaryl/α,β-unsaturated/α-hetero) is 1. The number of carbonyl (C=O) groups is 2. The molecule has 1 atom stereocenters. The number of aliphatic hydroxyl groups is 1. The largest absolute Gasteiger partial charge is 0.573 e. The summed E-state index contributed by atoms with van der Waals surface area (Å²) in [6.45, 7) is 1.64. The number of ether oxygens (including phenoxy) is 3. The minimum Gasteiger partial charge on any atom is -0.507 e. The molecule has 4 rings (SSSR count). The first-order valence-electron chi connectivity index (χ1n) is 10.6. The summed E-state index contributed by atoms with van der Waals surface area (Å²) in [7, 11) is 2.68. The maximum absolute atomic E-state index is 13.2. The van der Waals surface area contributed by atoms with Gasteiger partial charge in [-0.1, -0.05) is 11.6 Å². The molecule has 1 aliphatic rings. The third-order valence-electron chi connectivity index (χ3n) is 5.55. The zero-order valence-electron chi connectivity index (χ0n) is 19.6. The van der Waals surface area contributed by atoms with Gasteiger partial charge in [0.15, 0.2) is 0 Å². The van der Waals surface area contributed by atoms with E-state index in [1.165, 1.54) is 44.6 Å². The highest BCUT2D eigenvalue weighted by molar-refractivity contribution is 6.51. The van der Waals surface area contributed by atoms with Crippen LogP contribution in [-0.4, -0.2) is 37.4 Å². The summed E-state index contributed by atoms with van der Waals surface area (Å²) in [5, 5.41) is 11.5. The van der Waals surface area contributed by atoms with Gasteiger partial charge >= 0.3 is 6.36 Å². The van der Waals surface area contributed by atoms with Crippen molar-refractivity contribution in [2.45, 2.75) is 19.3 Å². The second-order valence-electron chi connectivity index (χ2n) is 7.85. The Morgan fingerprint density at radius 2 is 1.68 bits per heavy atom. The topological polar surface area (TPSA) is 98.4 Å².